The van der Waals surface area contributed by atoms with Crippen LogP contribution in [0.2, 0.25) is 0 Å². The number of carbonyl (C=O) groups is 1. The van der Waals surface area contributed by atoms with Crippen molar-refractivity contribution >= 4 is 5.91 Å². The predicted molar refractivity (Wildman–Crippen MR) is 95.6 cm³/mol. The molecule has 1 aromatic rings. The van der Waals surface area contributed by atoms with Crippen molar-refractivity contribution in [2.75, 3.05) is 13.6 Å². The van der Waals surface area contributed by atoms with Crippen LogP contribution in [-0.2, 0) is 4.79 Å². The molecule has 0 aliphatic carbocycles. The normalized spacial score (nSPS) is 19.0. The SMILES string of the molecule is CCCN1C=CC(C)C(C(=O)N(C)C(C)c2ccccc2)=C1C. The highest BCUT2D eigenvalue weighted by molar-refractivity contribution is 5.95. The van der Waals surface area contributed by atoms with Gasteiger partial charge in [0.15, 0.2) is 0 Å². The van der Waals surface area contributed by atoms with Gasteiger partial charge >= 0.3 is 0 Å². The van der Waals surface area contributed by atoms with Crippen LogP contribution in [0.25, 0.3) is 0 Å². The molecule has 1 aliphatic heterocycles. The zero-order valence-corrected chi connectivity index (χ0v) is 14.9. The molecule has 0 saturated heterocycles. The van der Waals surface area contributed by atoms with Crippen LogP contribution in [0.4, 0.5) is 0 Å². The van der Waals surface area contributed by atoms with Crippen molar-refractivity contribution in [3.05, 3.63) is 59.4 Å². The molecular formula is C20H28N2O. The van der Waals surface area contributed by atoms with Crippen molar-refractivity contribution in [1.82, 2.24) is 9.80 Å². The molecular weight excluding hydrogens is 284 g/mol. The monoisotopic (exact) mass is 312 g/mol. The van der Waals surface area contributed by atoms with Crippen LogP contribution in [0.1, 0.15) is 45.7 Å². The molecule has 0 spiro atoms. The average Bonchev–Trinajstić information content (AvgIpc) is 2.57. The highest BCUT2D eigenvalue weighted by Crippen LogP contribution is 2.29. The molecule has 1 heterocycles. The van der Waals surface area contributed by atoms with Crippen LogP contribution in [0.15, 0.2) is 53.9 Å². The van der Waals surface area contributed by atoms with Gasteiger partial charge in [-0.3, -0.25) is 4.79 Å². The molecule has 1 amide bonds. The van der Waals surface area contributed by atoms with Crippen molar-refractivity contribution in [1.29, 1.82) is 0 Å². The Hall–Kier alpha value is -2.03. The maximum atomic E-state index is 13.1. The molecule has 124 valence electrons. The summed E-state index contributed by atoms with van der Waals surface area (Å²) in [5, 5.41) is 0. The zero-order chi connectivity index (χ0) is 17.0. The molecule has 0 saturated carbocycles. The molecule has 3 nitrogen and oxygen atoms in total. The lowest BCUT2D eigenvalue weighted by Gasteiger charge is -2.33. The van der Waals surface area contributed by atoms with Crippen molar-refractivity contribution < 1.29 is 4.79 Å². The van der Waals surface area contributed by atoms with Crippen molar-refractivity contribution in [2.24, 2.45) is 5.92 Å². The standard InChI is InChI=1S/C20H28N2O/c1-6-13-22-14-12-15(2)19(17(22)4)20(23)21(5)16(3)18-10-8-7-9-11-18/h7-12,14-16H,6,13H2,1-5H3. The maximum absolute atomic E-state index is 13.1. The first-order valence-electron chi connectivity index (χ1n) is 8.45. The largest absolute Gasteiger partial charge is 0.352 e. The number of nitrogens with zero attached hydrogens (tertiary/aromatic N) is 2. The van der Waals surface area contributed by atoms with E-state index >= 15 is 0 Å². The minimum atomic E-state index is 0.0572. The number of hydrogen-bond donors (Lipinski definition) is 0. The van der Waals surface area contributed by atoms with Crippen LogP contribution in [0.3, 0.4) is 0 Å². The first-order chi connectivity index (χ1) is 11.0. The molecule has 0 bridgehead atoms. The molecule has 2 rings (SSSR count). The third-order valence-electron chi connectivity index (χ3n) is 4.71. The van der Waals surface area contributed by atoms with Crippen LogP contribution in [0, 0.1) is 5.92 Å². The molecule has 2 unspecified atom stereocenters. The van der Waals surface area contributed by atoms with Gasteiger partial charge in [-0.25, -0.2) is 0 Å². The number of allylic oxidation sites excluding steroid dienone is 2. The Bertz CT molecular complexity index is 603. The van der Waals surface area contributed by atoms with E-state index in [9.17, 15) is 4.79 Å². The van der Waals surface area contributed by atoms with E-state index in [2.05, 4.69) is 57.0 Å². The summed E-state index contributed by atoms with van der Waals surface area (Å²) in [5.41, 5.74) is 3.15. The molecule has 1 aliphatic rings. The summed E-state index contributed by atoms with van der Waals surface area (Å²) in [5.74, 6) is 0.276. The number of rotatable bonds is 5. The summed E-state index contributed by atoms with van der Waals surface area (Å²) in [4.78, 5) is 17.1. The molecule has 0 radical (unpaired) electrons. The molecule has 23 heavy (non-hydrogen) atoms. The Morgan fingerprint density at radius 1 is 1.30 bits per heavy atom. The van der Waals surface area contributed by atoms with E-state index in [1.54, 1.807) is 0 Å². The Morgan fingerprint density at radius 3 is 2.57 bits per heavy atom. The predicted octanol–water partition coefficient (Wildman–Crippen LogP) is 4.36. The van der Waals surface area contributed by atoms with Gasteiger partial charge in [0, 0.05) is 37.0 Å². The smallest absolute Gasteiger partial charge is 0.252 e. The first kappa shape index (κ1) is 17.3. The van der Waals surface area contributed by atoms with Crippen LogP contribution < -0.4 is 0 Å². The Morgan fingerprint density at radius 2 is 1.96 bits per heavy atom. The van der Waals surface area contributed by atoms with Crippen LogP contribution >= 0.6 is 0 Å². The maximum Gasteiger partial charge on any atom is 0.252 e. The van der Waals surface area contributed by atoms with E-state index in [1.807, 2.05) is 30.1 Å². The Labute approximate surface area is 140 Å². The van der Waals surface area contributed by atoms with Crippen LogP contribution in [-0.4, -0.2) is 29.3 Å². The number of benzene rings is 1. The molecule has 0 fully saturated rings. The van der Waals surface area contributed by atoms with Crippen LogP contribution in [0.5, 0.6) is 0 Å². The molecule has 2 atom stereocenters. The molecule has 3 heteroatoms. The third kappa shape index (κ3) is 3.66. The van der Waals surface area contributed by atoms with Gasteiger partial charge in [0.2, 0.25) is 0 Å². The van der Waals surface area contributed by atoms with Crippen molar-refractivity contribution in [3.63, 3.8) is 0 Å². The van der Waals surface area contributed by atoms with E-state index in [1.165, 1.54) is 0 Å². The van der Waals surface area contributed by atoms with Gasteiger partial charge in [0.25, 0.3) is 5.91 Å². The average molecular weight is 312 g/mol. The highest BCUT2D eigenvalue weighted by atomic mass is 16.2. The van der Waals surface area contributed by atoms with Gasteiger partial charge in [-0.1, -0.05) is 50.3 Å². The van der Waals surface area contributed by atoms with E-state index in [4.69, 9.17) is 0 Å². The Kier molecular flexibility index (Phi) is 5.64. The van der Waals surface area contributed by atoms with E-state index in [0.29, 0.717) is 0 Å². The summed E-state index contributed by atoms with van der Waals surface area (Å²) in [6, 6.07) is 10.2. The highest BCUT2D eigenvalue weighted by Gasteiger charge is 2.28. The fourth-order valence-electron chi connectivity index (χ4n) is 3.08. The summed E-state index contributed by atoms with van der Waals surface area (Å²) >= 11 is 0. The van der Waals surface area contributed by atoms with Gasteiger partial charge in [0.05, 0.1) is 6.04 Å². The zero-order valence-electron chi connectivity index (χ0n) is 14.9. The minimum absolute atomic E-state index is 0.0572. The van der Waals surface area contributed by atoms with E-state index in [0.717, 1.165) is 29.8 Å². The fraction of sp³-hybridized carbons (Fsp3) is 0.450. The van der Waals surface area contributed by atoms with E-state index in [-0.39, 0.29) is 17.9 Å². The van der Waals surface area contributed by atoms with Gasteiger partial charge in [-0.05, 0) is 25.8 Å². The second-order valence-corrected chi connectivity index (χ2v) is 6.33. The molecule has 0 aromatic heterocycles. The Balaban J connectivity index is 2.25. The molecule has 1 aromatic carbocycles. The number of hydrogen-bond acceptors (Lipinski definition) is 2. The van der Waals surface area contributed by atoms with Crippen molar-refractivity contribution in [2.45, 2.75) is 40.2 Å². The second-order valence-electron chi connectivity index (χ2n) is 6.33. The van der Waals surface area contributed by atoms with Gasteiger partial charge in [-0.2, -0.15) is 0 Å². The van der Waals surface area contributed by atoms with Gasteiger partial charge in [0.1, 0.15) is 0 Å². The summed E-state index contributed by atoms with van der Waals surface area (Å²) in [6.07, 6.45) is 5.30. The summed E-state index contributed by atoms with van der Waals surface area (Å²) in [7, 11) is 1.90. The lowest BCUT2D eigenvalue weighted by atomic mass is 9.93. The number of likely N-dealkylation sites (N-methyl/N-ethyl adjacent to an activating group) is 1. The van der Waals surface area contributed by atoms with E-state index < -0.39 is 0 Å². The second kappa shape index (κ2) is 7.49. The lowest BCUT2D eigenvalue weighted by Crippen LogP contribution is -2.36. The topological polar surface area (TPSA) is 23.6 Å². The third-order valence-corrected chi connectivity index (χ3v) is 4.71. The first-order valence-corrected chi connectivity index (χ1v) is 8.45. The van der Waals surface area contributed by atoms with Crippen molar-refractivity contribution in [3.8, 4) is 0 Å². The minimum Gasteiger partial charge on any atom is -0.352 e. The van der Waals surface area contributed by atoms with Gasteiger partial charge < -0.3 is 9.80 Å². The summed E-state index contributed by atoms with van der Waals surface area (Å²) in [6.45, 7) is 9.34. The fourth-order valence-corrected chi connectivity index (χ4v) is 3.08. The molecule has 0 N–H and O–H groups in total. The summed E-state index contributed by atoms with van der Waals surface area (Å²) < 4.78 is 0. The number of amides is 1. The quantitative estimate of drug-likeness (QED) is 0.806. The lowest BCUT2D eigenvalue weighted by molar-refractivity contribution is -0.128. The number of carbonyl (C=O) groups excluding carboxylic acids is 1. The van der Waals surface area contributed by atoms with Gasteiger partial charge in [-0.15, -0.1) is 0 Å².